The number of ether oxygens (including phenoxy) is 1. The lowest BCUT2D eigenvalue weighted by molar-refractivity contribution is -0.147. The first-order valence-corrected chi connectivity index (χ1v) is 7.22. The molecule has 20 heavy (non-hydrogen) atoms. The molecule has 0 aromatic carbocycles. The zero-order chi connectivity index (χ0) is 15.3. The summed E-state index contributed by atoms with van der Waals surface area (Å²) in [5.41, 5.74) is -1.10. The second kappa shape index (κ2) is 6.92. The summed E-state index contributed by atoms with van der Waals surface area (Å²) in [5.74, 6) is -0.722. The van der Waals surface area contributed by atoms with Gasteiger partial charge < -0.3 is 20.1 Å². The number of nitrogens with zero attached hydrogens (tertiary/aromatic N) is 1. The van der Waals surface area contributed by atoms with Crippen LogP contribution >= 0.6 is 0 Å². The van der Waals surface area contributed by atoms with Crippen LogP contribution in [0.25, 0.3) is 0 Å². The molecule has 0 radical (unpaired) electrons. The van der Waals surface area contributed by atoms with Crippen LogP contribution in [0.3, 0.4) is 0 Å². The van der Waals surface area contributed by atoms with Crippen molar-refractivity contribution in [3.63, 3.8) is 0 Å². The number of carbonyl (C=O) groups excluding carboxylic acids is 1. The monoisotopic (exact) mass is 286 g/mol. The molecule has 6 nitrogen and oxygen atoms in total. The number of likely N-dealkylation sites (tertiary alicyclic amines) is 1. The highest BCUT2D eigenvalue weighted by atomic mass is 16.5. The minimum absolute atomic E-state index is 0.110. The molecule has 0 aliphatic carbocycles. The van der Waals surface area contributed by atoms with Crippen molar-refractivity contribution in [2.45, 2.75) is 52.1 Å². The Balaban J connectivity index is 2.71. The molecule has 1 heterocycles. The average molecular weight is 286 g/mol. The summed E-state index contributed by atoms with van der Waals surface area (Å²) in [4.78, 5) is 25.2. The maximum atomic E-state index is 12.3. The highest BCUT2D eigenvalue weighted by molar-refractivity contribution is 5.86. The van der Waals surface area contributed by atoms with Crippen LogP contribution < -0.4 is 5.32 Å². The van der Waals surface area contributed by atoms with E-state index in [2.05, 4.69) is 5.32 Å². The minimum Gasteiger partial charge on any atom is -0.480 e. The molecule has 116 valence electrons. The fourth-order valence-corrected chi connectivity index (χ4v) is 2.39. The molecular weight excluding hydrogens is 260 g/mol. The summed E-state index contributed by atoms with van der Waals surface area (Å²) in [6, 6.07) is -0.424. The van der Waals surface area contributed by atoms with Crippen LogP contribution in [0.1, 0.15) is 40.5 Å². The minimum atomic E-state index is -1.10. The molecule has 2 unspecified atom stereocenters. The van der Waals surface area contributed by atoms with Crippen molar-refractivity contribution in [3.05, 3.63) is 0 Å². The highest BCUT2D eigenvalue weighted by Crippen LogP contribution is 2.29. The van der Waals surface area contributed by atoms with Gasteiger partial charge in [-0.3, -0.25) is 0 Å². The van der Waals surface area contributed by atoms with Crippen LogP contribution in [0.4, 0.5) is 4.79 Å². The fraction of sp³-hybridized carbons (Fsp3) is 0.857. The van der Waals surface area contributed by atoms with Gasteiger partial charge in [-0.2, -0.15) is 0 Å². The number of carbonyl (C=O) groups is 2. The molecule has 0 saturated carbocycles. The summed E-state index contributed by atoms with van der Waals surface area (Å²) in [7, 11) is 0. The van der Waals surface area contributed by atoms with Gasteiger partial charge in [-0.15, -0.1) is 0 Å². The van der Waals surface area contributed by atoms with Crippen LogP contribution in [-0.2, 0) is 9.53 Å². The van der Waals surface area contributed by atoms with Gasteiger partial charge in [0.1, 0.15) is 5.54 Å². The zero-order valence-corrected chi connectivity index (χ0v) is 12.8. The normalized spacial score (nSPS) is 23.9. The van der Waals surface area contributed by atoms with E-state index in [1.165, 1.54) is 4.90 Å². The molecular formula is C14H26N2O4. The van der Waals surface area contributed by atoms with Crippen LogP contribution in [0.5, 0.6) is 0 Å². The van der Waals surface area contributed by atoms with E-state index in [4.69, 9.17) is 4.74 Å². The largest absolute Gasteiger partial charge is 0.480 e. The SMILES string of the molecule is CCOCC(NC(=O)N1CCCC1(C)C(=O)O)C(C)C. The molecule has 2 N–H and O–H groups in total. The van der Waals surface area contributed by atoms with E-state index in [0.717, 1.165) is 0 Å². The second-order valence-corrected chi connectivity index (χ2v) is 5.79. The molecule has 0 spiro atoms. The number of rotatable bonds is 6. The standard InChI is InChI=1S/C14H26N2O4/c1-5-20-9-11(10(2)3)15-13(19)16-8-6-7-14(16,4)12(17)18/h10-11H,5-9H2,1-4H3,(H,15,19)(H,17,18). The van der Waals surface area contributed by atoms with Crippen molar-refractivity contribution >= 4 is 12.0 Å². The van der Waals surface area contributed by atoms with Gasteiger partial charge in [0.2, 0.25) is 0 Å². The molecule has 1 aliphatic heterocycles. The van der Waals surface area contributed by atoms with Crippen molar-refractivity contribution in [2.24, 2.45) is 5.92 Å². The van der Waals surface area contributed by atoms with Crippen molar-refractivity contribution in [1.82, 2.24) is 10.2 Å². The van der Waals surface area contributed by atoms with Crippen LogP contribution in [0.15, 0.2) is 0 Å². The van der Waals surface area contributed by atoms with Gasteiger partial charge in [0.15, 0.2) is 0 Å². The number of carboxylic acid groups (broad SMARTS) is 1. The Kier molecular flexibility index (Phi) is 5.80. The van der Waals surface area contributed by atoms with Crippen molar-refractivity contribution < 1.29 is 19.4 Å². The van der Waals surface area contributed by atoms with E-state index in [1.54, 1.807) is 6.92 Å². The quantitative estimate of drug-likeness (QED) is 0.779. The van der Waals surface area contributed by atoms with Gasteiger partial charge in [-0.1, -0.05) is 13.8 Å². The number of urea groups is 1. The van der Waals surface area contributed by atoms with E-state index < -0.39 is 11.5 Å². The molecule has 0 bridgehead atoms. The first-order valence-electron chi connectivity index (χ1n) is 7.22. The van der Waals surface area contributed by atoms with Gasteiger partial charge >= 0.3 is 12.0 Å². The van der Waals surface area contributed by atoms with Crippen LogP contribution in [0.2, 0.25) is 0 Å². The Morgan fingerprint density at radius 2 is 2.10 bits per heavy atom. The summed E-state index contributed by atoms with van der Waals surface area (Å²) in [6.45, 7) is 9.03. The molecule has 2 atom stereocenters. The molecule has 1 rings (SSSR count). The second-order valence-electron chi connectivity index (χ2n) is 5.79. The number of amides is 2. The lowest BCUT2D eigenvalue weighted by atomic mass is 9.99. The predicted molar refractivity (Wildman–Crippen MR) is 75.6 cm³/mol. The van der Waals surface area contributed by atoms with Crippen LogP contribution in [-0.4, -0.2) is 53.3 Å². The number of hydrogen-bond donors (Lipinski definition) is 2. The van der Waals surface area contributed by atoms with Crippen LogP contribution in [0, 0.1) is 5.92 Å². The molecule has 1 fully saturated rings. The van der Waals surface area contributed by atoms with Gasteiger partial charge in [0.25, 0.3) is 0 Å². The van der Waals surface area contributed by atoms with Gasteiger partial charge in [-0.05, 0) is 32.6 Å². The lowest BCUT2D eigenvalue weighted by Crippen LogP contribution is -2.57. The van der Waals surface area contributed by atoms with E-state index >= 15 is 0 Å². The fourth-order valence-electron chi connectivity index (χ4n) is 2.39. The number of hydrogen-bond acceptors (Lipinski definition) is 3. The summed E-state index contributed by atoms with van der Waals surface area (Å²) in [5, 5.41) is 12.2. The molecule has 2 amide bonds. The summed E-state index contributed by atoms with van der Waals surface area (Å²) < 4.78 is 5.37. The van der Waals surface area contributed by atoms with Crippen molar-refractivity contribution in [1.29, 1.82) is 0 Å². The Morgan fingerprint density at radius 3 is 2.60 bits per heavy atom. The number of aliphatic carboxylic acids is 1. The third kappa shape index (κ3) is 3.62. The van der Waals surface area contributed by atoms with Crippen molar-refractivity contribution in [2.75, 3.05) is 19.8 Å². The topological polar surface area (TPSA) is 78.9 Å². The van der Waals surface area contributed by atoms with E-state index in [0.29, 0.717) is 32.6 Å². The predicted octanol–water partition coefficient (Wildman–Crippen LogP) is 1.70. The average Bonchev–Trinajstić information content (AvgIpc) is 2.77. The van der Waals surface area contributed by atoms with E-state index in [1.807, 2.05) is 20.8 Å². The molecule has 1 aliphatic rings. The highest BCUT2D eigenvalue weighted by Gasteiger charge is 2.46. The Hall–Kier alpha value is -1.30. The zero-order valence-electron chi connectivity index (χ0n) is 12.8. The van der Waals surface area contributed by atoms with Gasteiger partial charge in [-0.25, -0.2) is 9.59 Å². The third-order valence-electron chi connectivity index (χ3n) is 3.96. The maximum absolute atomic E-state index is 12.3. The van der Waals surface area contributed by atoms with Crippen molar-refractivity contribution in [3.8, 4) is 0 Å². The first kappa shape index (κ1) is 16.8. The number of nitrogens with one attached hydrogen (secondary N) is 1. The Morgan fingerprint density at radius 1 is 1.45 bits per heavy atom. The maximum Gasteiger partial charge on any atom is 0.329 e. The van der Waals surface area contributed by atoms with E-state index in [-0.39, 0.29) is 18.0 Å². The first-order chi connectivity index (χ1) is 9.32. The smallest absolute Gasteiger partial charge is 0.329 e. The van der Waals surface area contributed by atoms with Gasteiger partial charge in [0, 0.05) is 13.2 Å². The molecule has 6 heteroatoms. The molecule has 0 aromatic heterocycles. The molecule has 0 aromatic rings. The number of carboxylic acids is 1. The van der Waals surface area contributed by atoms with E-state index in [9.17, 15) is 14.7 Å². The molecule has 1 saturated heterocycles. The Labute approximate surface area is 120 Å². The third-order valence-corrected chi connectivity index (χ3v) is 3.96. The lowest BCUT2D eigenvalue weighted by Gasteiger charge is -2.33. The summed E-state index contributed by atoms with van der Waals surface area (Å²) in [6.07, 6.45) is 1.21. The van der Waals surface area contributed by atoms with Gasteiger partial charge in [0.05, 0.1) is 12.6 Å². The summed E-state index contributed by atoms with van der Waals surface area (Å²) >= 11 is 0. The Bertz CT molecular complexity index is 359.